The molecule has 1 aromatic carbocycles. The highest BCUT2D eigenvalue weighted by molar-refractivity contribution is 8.12. The van der Waals surface area contributed by atoms with Crippen LogP contribution < -0.4 is 0 Å². The molecule has 0 saturated carbocycles. The minimum atomic E-state index is -0.924. The van der Waals surface area contributed by atoms with Crippen LogP contribution in [0.4, 0.5) is 4.79 Å². The molecule has 2 aromatic rings. The van der Waals surface area contributed by atoms with Gasteiger partial charge in [-0.15, -0.1) is 0 Å². The number of thioether (sulfide) groups is 1. The Labute approximate surface area is 83.9 Å². The van der Waals surface area contributed by atoms with E-state index < -0.39 is 5.30 Å². The molecule has 0 aliphatic rings. The molecule has 0 atom stereocenters. The number of benzene rings is 1. The molecule has 14 heavy (non-hydrogen) atoms. The molecule has 1 N–H and O–H groups in total. The molecule has 0 saturated heterocycles. The highest BCUT2D eigenvalue weighted by atomic mass is 32.2. The molecule has 0 aliphatic heterocycles. The number of aromatic nitrogens is 1. The zero-order valence-corrected chi connectivity index (χ0v) is 7.95. The molecule has 0 aliphatic carbocycles. The molecule has 5 heteroatoms. The Bertz CT molecular complexity index is 433. The van der Waals surface area contributed by atoms with Gasteiger partial charge in [-0.3, -0.25) is 0 Å². The number of nitrogens with zero attached hydrogens (tertiary/aromatic N) is 1. The lowest BCUT2D eigenvalue weighted by molar-refractivity contribution is 0.222. The Morgan fingerprint density at radius 2 is 2.29 bits per heavy atom. The Morgan fingerprint density at radius 3 is 3.00 bits per heavy atom. The first-order valence-electron chi connectivity index (χ1n) is 3.96. The summed E-state index contributed by atoms with van der Waals surface area (Å²) in [5.41, 5.74) is 1.45. The summed E-state index contributed by atoms with van der Waals surface area (Å²) < 4.78 is 5.32. The largest absolute Gasteiger partial charge is 0.473 e. The van der Waals surface area contributed by atoms with Crippen LogP contribution in [0, 0.1) is 0 Å². The smallest absolute Gasteiger partial charge is 0.365 e. The zero-order valence-electron chi connectivity index (χ0n) is 7.14. The molecule has 0 bridgehead atoms. The summed E-state index contributed by atoms with van der Waals surface area (Å²) >= 11 is 0.760. The van der Waals surface area contributed by atoms with Gasteiger partial charge in [-0.2, -0.15) is 0 Å². The number of carboxylic acid groups (broad SMARTS) is 1. The topological polar surface area (TPSA) is 63.3 Å². The molecule has 1 heterocycles. The van der Waals surface area contributed by atoms with Crippen molar-refractivity contribution >= 4 is 28.2 Å². The summed E-state index contributed by atoms with van der Waals surface area (Å²) in [6, 6.07) is 7.34. The SMILES string of the molecule is O=C(O)SCc1nc2ccccc2o1. The van der Waals surface area contributed by atoms with Crippen LogP contribution in [0.5, 0.6) is 0 Å². The standard InChI is InChI=1S/C9H7NO3S/c11-9(12)14-5-8-10-6-3-1-2-4-7(6)13-8/h1-4H,5H2,(H,11,12). The van der Waals surface area contributed by atoms with Crippen LogP contribution in [0.3, 0.4) is 0 Å². The van der Waals surface area contributed by atoms with E-state index >= 15 is 0 Å². The van der Waals surface area contributed by atoms with Gasteiger partial charge in [0.05, 0.1) is 5.75 Å². The van der Waals surface area contributed by atoms with Gasteiger partial charge in [-0.1, -0.05) is 12.1 Å². The lowest BCUT2D eigenvalue weighted by Gasteiger charge is -1.88. The third-order valence-corrected chi connectivity index (χ3v) is 2.30. The number of oxazole rings is 1. The van der Waals surface area contributed by atoms with Crippen molar-refractivity contribution in [3.05, 3.63) is 30.2 Å². The lowest BCUT2D eigenvalue weighted by atomic mass is 10.3. The van der Waals surface area contributed by atoms with Crippen molar-refractivity contribution < 1.29 is 14.3 Å². The Morgan fingerprint density at radius 1 is 1.50 bits per heavy atom. The predicted molar refractivity (Wildman–Crippen MR) is 53.3 cm³/mol. The van der Waals surface area contributed by atoms with Gasteiger partial charge in [-0.25, -0.2) is 9.78 Å². The van der Waals surface area contributed by atoms with E-state index in [1.165, 1.54) is 0 Å². The van der Waals surface area contributed by atoms with Crippen molar-refractivity contribution in [2.24, 2.45) is 0 Å². The van der Waals surface area contributed by atoms with E-state index in [9.17, 15) is 4.79 Å². The number of para-hydroxylation sites is 2. The van der Waals surface area contributed by atoms with Crippen molar-refractivity contribution in [1.82, 2.24) is 4.98 Å². The van der Waals surface area contributed by atoms with Crippen LogP contribution in [0.1, 0.15) is 5.89 Å². The Hall–Kier alpha value is -1.49. The normalized spacial score (nSPS) is 10.6. The summed E-state index contributed by atoms with van der Waals surface area (Å²) in [6.45, 7) is 0. The maximum Gasteiger partial charge on any atom is 0.365 e. The van der Waals surface area contributed by atoms with E-state index in [1.54, 1.807) is 6.07 Å². The van der Waals surface area contributed by atoms with Crippen LogP contribution >= 0.6 is 11.8 Å². The van der Waals surface area contributed by atoms with Crippen LogP contribution in [0.2, 0.25) is 0 Å². The summed E-state index contributed by atoms with van der Waals surface area (Å²) in [7, 11) is 0. The second-order valence-electron chi connectivity index (χ2n) is 2.63. The first-order chi connectivity index (χ1) is 6.75. The fraction of sp³-hybridized carbons (Fsp3) is 0.111. The van der Waals surface area contributed by atoms with Crippen LogP contribution in [0.15, 0.2) is 28.7 Å². The van der Waals surface area contributed by atoms with Gasteiger partial charge in [-0.05, 0) is 23.9 Å². The average Bonchev–Trinajstić information content (AvgIpc) is 2.57. The fourth-order valence-corrected chi connectivity index (χ4v) is 1.48. The quantitative estimate of drug-likeness (QED) is 0.823. The second-order valence-corrected chi connectivity index (χ2v) is 3.56. The van der Waals surface area contributed by atoms with Gasteiger partial charge >= 0.3 is 5.30 Å². The summed E-state index contributed by atoms with van der Waals surface area (Å²) in [5.74, 6) is 0.697. The van der Waals surface area contributed by atoms with Gasteiger partial charge in [0.1, 0.15) is 5.52 Å². The Kier molecular flexibility index (Phi) is 2.41. The minimum Gasteiger partial charge on any atom is -0.473 e. The van der Waals surface area contributed by atoms with Gasteiger partial charge in [0, 0.05) is 0 Å². The third kappa shape index (κ3) is 1.88. The van der Waals surface area contributed by atoms with Crippen molar-refractivity contribution in [3.63, 3.8) is 0 Å². The highest BCUT2D eigenvalue weighted by Gasteiger charge is 2.06. The molecule has 1 aromatic heterocycles. The lowest BCUT2D eigenvalue weighted by Crippen LogP contribution is -1.86. The highest BCUT2D eigenvalue weighted by Crippen LogP contribution is 2.18. The third-order valence-electron chi connectivity index (χ3n) is 1.66. The van der Waals surface area contributed by atoms with E-state index in [-0.39, 0.29) is 5.75 Å². The van der Waals surface area contributed by atoms with E-state index in [1.807, 2.05) is 18.2 Å². The molecule has 4 nitrogen and oxygen atoms in total. The molecule has 72 valence electrons. The number of carbonyl (C=O) groups is 1. The fourth-order valence-electron chi connectivity index (χ4n) is 1.11. The minimum absolute atomic E-state index is 0.254. The van der Waals surface area contributed by atoms with E-state index in [0.717, 1.165) is 17.3 Å². The molecule has 0 unspecified atom stereocenters. The monoisotopic (exact) mass is 209 g/mol. The van der Waals surface area contributed by atoms with E-state index in [4.69, 9.17) is 9.52 Å². The second kappa shape index (κ2) is 3.71. The Balaban J connectivity index is 2.22. The molecule has 0 radical (unpaired) electrons. The number of hydrogen-bond donors (Lipinski definition) is 1. The summed E-state index contributed by atoms with van der Waals surface area (Å²) in [5, 5.41) is 7.52. The van der Waals surface area contributed by atoms with Crippen molar-refractivity contribution in [2.45, 2.75) is 5.75 Å². The van der Waals surface area contributed by atoms with Crippen molar-refractivity contribution in [1.29, 1.82) is 0 Å². The van der Waals surface area contributed by atoms with Gasteiger partial charge < -0.3 is 9.52 Å². The predicted octanol–water partition coefficient (Wildman–Crippen LogP) is 2.74. The molecule has 0 spiro atoms. The van der Waals surface area contributed by atoms with Gasteiger partial charge in [0.2, 0.25) is 5.89 Å². The maximum atomic E-state index is 10.3. The van der Waals surface area contributed by atoms with Crippen LogP contribution in [-0.4, -0.2) is 15.4 Å². The number of hydrogen-bond acceptors (Lipinski definition) is 4. The molecular formula is C9H7NO3S. The van der Waals surface area contributed by atoms with E-state index in [0.29, 0.717) is 11.5 Å². The molecule has 2 rings (SSSR count). The van der Waals surface area contributed by atoms with E-state index in [2.05, 4.69) is 4.98 Å². The first kappa shape index (κ1) is 9.08. The number of rotatable bonds is 2. The molecule has 0 fully saturated rings. The van der Waals surface area contributed by atoms with Crippen LogP contribution in [-0.2, 0) is 5.75 Å². The molecular weight excluding hydrogens is 202 g/mol. The summed E-state index contributed by atoms with van der Waals surface area (Å²) in [4.78, 5) is 14.4. The maximum absolute atomic E-state index is 10.3. The summed E-state index contributed by atoms with van der Waals surface area (Å²) in [6.07, 6.45) is 0. The molecule has 0 amide bonds. The average molecular weight is 209 g/mol. The van der Waals surface area contributed by atoms with Gasteiger partial charge in [0.25, 0.3) is 0 Å². The first-order valence-corrected chi connectivity index (χ1v) is 4.94. The van der Waals surface area contributed by atoms with Gasteiger partial charge in [0.15, 0.2) is 5.58 Å². The van der Waals surface area contributed by atoms with Crippen molar-refractivity contribution in [2.75, 3.05) is 0 Å². The van der Waals surface area contributed by atoms with Crippen molar-refractivity contribution in [3.8, 4) is 0 Å². The number of fused-ring (bicyclic) bond motifs is 1. The zero-order chi connectivity index (χ0) is 9.97. The van der Waals surface area contributed by atoms with Crippen LogP contribution in [0.25, 0.3) is 11.1 Å².